The molecule has 0 fully saturated rings. The summed E-state index contributed by atoms with van der Waals surface area (Å²) in [5, 5.41) is 0. The van der Waals surface area contributed by atoms with Crippen LogP contribution in [0.2, 0.25) is 0 Å². The third-order valence-corrected chi connectivity index (χ3v) is 8.51. The fourth-order valence-corrected chi connectivity index (χ4v) is 5.19. The van der Waals surface area contributed by atoms with E-state index in [1.807, 2.05) is 41.5 Å². The van der Waals surface area contributed by atoms with E-state index in [2.05, 4.69) is 0 Å². The molecule has 0 amide bonds. The Bertz CT molecular complexity index is 552. The van der Waals surface area contributed by atoms with Crippen LogP contribution in [0, 0.1) is 0 Å². The Labute approximate surface area is 150 Å². The summed E-state index contributed by atoms with van der Waals surface area (Å²) in [5.74, 6) is 0.179. The quantitative estimate of drug-likeness (QED) is 0.703. The lowest BCUT2D eigenvalue weighted by Gasteiger charge is -2.33. The van der Waals surface area contributed by atoms with E-state index < -0.39 is 24.8 Å². The van der Waals surface area contributed by atoms with Gasteiger partial charge in [-0.2, -0.15) is 4.31 Å². The minimum atomic E-state index is -3.11. The molecule has 0 atom stereocenters. The second-order valence-electron chi connectivity index (χ2n) is 7.44. The molecule has 0 spiro atoms. The molecular formula is C16H38N2O4S2. The smallest absolute Gasteiger partial charge is 0.212 e. The van der Waals surface area contributed by atoms with Crippen LogP contribution in [0.1, 0.15) is 69.2 Å². The molecule has 6 nitrogen and oxygen atoms in total. The molecule has 0 heterocycles. The molecule has 0 aliphatic rings. The molecule has 0 saturated carbocycles. The van der Waals surface area contributed by atoms with Crippen LogP contribution >= 0.6 is 0 Å². The lowest BCUT2D eigenvalue weighted by atomic mass is 10.1. The van der Waals surface area contributed by atoms with Crippen LogP contribution in [-0.4, -0.2) is 61.1 Å². The Kier molecular flexibility index (Phi) is 10.3. The average Bonchev–Trinajstić information content (AvgIpc) is 2.38. The molecule has 0 aromatic heterocycles. The van der Waals surface area contributed by atoms with Crippen LogP contribution in [0.3, 0.4) is 0 Å². The molecule has 0 rings (SSSR count). The fourth-order valence-electron chi connectivity index (χ4n) is 2.19. The van der Waals surface area contributed by atoms with E-state index >= 15 is 0 Å². The summed E-state index contributed by atoms with van der Waals surface area (Å²) in [6.45, 7) is 19.8. The van der Waals surface area contributed by atoms with Gasteiger partial charge < -0.3 is 0 Å². The first kappa shape index (κ1) is 26.1. The highest BCUT2D eigenvalue weighted by molar-refractivity contribution is 7.90. The van der Waals surface area contributed by atoms with E-state index in [0.717, 1.165) is 0 Å². The summed E-state index contributed by atoms with van der Waals surface area (Å²) in [5.41, 5.74) is -0.302. The summed E-state index contributed by atoms with van der Waals surface area (Å²) < 4.78 is 48.8. The Balaban J connectivity index is 0. The Hall–Kier alpha value is -0.180. The lowest BCUT2D eigenvalue weighted by molar-refractivity contribution is 0.260. The van der Waals surface area contributed by atoms with E-state index in [9.17, 15) is 16.8 Å². The minimum absolute atomic E-state index is 0.179. The Morgan fingerprint density at radius 3 is 1.17 bits per heavy atom. The first-order valence-electron chi connectivity index (χ1n) is 8.53. The predicted octanol–water partition coefficient (Wildman–Crippen LogP) is 2.91. The topological polar surface area (TPSA) is 74.8 Å². The van der Waals surface area contributed by atoms with Crippen molar-refractivity contribution in [2.24, 2.45) is 0 Å². The SMILES string of the molecule is CCN(C(C)(C)C)S(=O)(=O)CC.CCN(CC)S(=O)(=O)C(C)(C)C. The zero-order chi connectivity index (χ0) is 20.0. The van der Waals surface area contributed by atoms with Gasteiger partial charge >= 0.3 is 0 Å². The first-order valence-corrected chi connectivity index (χ1v) is 11.6. The highest BCUT2D eigenvalue weighted by Crippen LogP contribution is 2.19. The van der Waals surface area contributed by atoms with Crippen molar-refractivity contribution in [2.45, 2.75) is 79.5 Å². The van der Waals surface area contributed by atoms with E-state index in [1.54, 1.807) is 27.7 Å². The van der Waals surface area contributed by atoms with Crippen LogP contribution in [-0.2, 0) is 20.0 Å². The van der Waals surface area contributed by atoms with Gasteiger partial charge in [-0.15, -0.1) is 0 Å². The van der Waals surface area contributed by atoms with Crippen molar-refractivity contribution in [3.05, 3.63) is 0 Å². The number of hydrogen-bond acceptors (Lipinski definition) is 4. The zero-order valence-corrected chi connectivity index (χ0v) is 18.8. The van der Waals surface area contributed by atoms with Crippen LogP contribution < -0.4 is 0 Å². The van der Waals surface area contributed by atoms with Gasteiger partial charge in [0.2, 0.25) is 20.0 Å². The molecule has 0 aliphatic heterocycles. The number of nitrogens with zero attached hydrogens (tertiary/aromatic N) is 2. The molecule has 0 aromatic carbocycles. The van der Waals surface area contributed by atoms with Crippen molar-refractivity contribution in [1.82, 2.24) is 8.61 Å². The molecule has 0 aromatic rings. The van der Waals surface area contributed by atoms with Gasteiger partial charge in [0, 0.05) is 25.2 Å². The van der Waals surface area contributed by atoms with Crippen LogP contribution in [0.25, 0.3) is 0 Å². The summed E-state index contributed by atoms with van der Waals surface area (Å²) in [6, 6.07) is 0. The molecule has 8 heteroatoms. The molecule has 0 bridgehead atoms. The third-order valence-electron chi connectivity index (χ3n) is 3.56. The maximum Gasteiger partial charge on any atom is 0.219 e. The first-order chi connectivity index (χ1) is 10.5. The minimum Gasteiger partial charge on any atom is -0.212 e. The molecule has 0 radical (unpaired) electrons. The second-order valence-corrected chi connectivity index (χ2v) is 12.3. The number of sulfonamides is 2. The largest absolute Gasteiger partial charge is 0.219 e. The maximum atomic E-state index is 11.7. The number of rotatable bonds is 6. The summed E-state index contributed by atoms with van der Waals surface area (Å²) in [6.07, 6.45) is 0. The maximum absolute atomic E-state index is 11.7. The summed E-state index contributed by atoms with van der Waals surface area (Å²) in [4.78, 5) is 0. The monoisotopic (exact) mass is 386 g/mol. The number of hydrogen-bond donors (Lipinski definition) is 0. The van der Waals surface area contributed by atoms with Crippen LogP contribution in [0.15, 0.2) is 0 Å². The van der Waals surface area contributed by atoms with E-state index in [1.165, 1.54) is 8.61 Å². The summed E-state index contributed by atoms with van der Waals surface area (Å²) in [7, 11) is -6.14. The molecule has 0 saturated heterocycles. The van der Waals surface area contributed by atoms with Gasteiger partial charge in [-0.3, -0.25) is 0 Å². The van der Waals surface area contributed by atoms with E-state index in [4.69, 9.17) is 0 Å². The van der Waals surface area contributed by atoms with Crippen molar-refractivity contribution < 1.29 is 16.8 Å². The van der Waals surface area contributed by atoms with E-state index in [-0.39, 0.29) is 11.3 Å². The molecule has 0 aliphatic carbocycles. The van der Waals surface area contributed by atoms with Crippen molar-refractivity contribution in [2.75, 3.05) is 25.4 Å². The summed E-state index contributed by atoms with van der Waals surface area (Å²) >= 11 is 0. The Morgan fingerprint density at radius 1 is 0.708 bits per heavy atom. The van der Waals surface area contributed by atoms with Gasteiger partial charge in [-0.05, 0) is 48.5 Å². The van der Waals surface area contributed by atoms with Gasteiger partial charge in [-0.1, -0.05) is 20.8 Å². The molecule has 0 N–H and O–H groups in total. The van der Waals surface area contributed by atoms with Gasteiger partial charge in [0.05, 0.1) is 10.5 Å². The van der Waals surface area contributed by atoms with Crippen molar-refractivity contribution in [3.63, 3.8) is 0 Å². The highest BCUT2D eigenvalue weighted by Gasteiger charge is 2.33. The van der Waals surface area contributed by atoms with Gasteiger partial charge in [0.1, 0.15) is 0 Å². The highest BCUT2D eigenvalue weighted by atomic mass is 32.2. The fraction of sp³-hybridized carbons (Fsp3) is 1.00. The van der Waals surface area contributed by atoms with Crippen LogP contribution in [0.4, 0.5) is 0 Å². The molecule has 148 valence electrons. The molecular weight excluding hydrogens is 348 g/mol. The second kappa shape index (κ2) is 9.50. The lowest BCUT2D eigenvalue weighted by Crippen LogP contribution is -2.45. The van der Waals surface area contributed by atoms with Crippen molar-refractivity contribution >= 4 is 20.0 Å². The standard InChI is InChI=1S/2C8H19NO2S/c1-6-9(8(3,4)5)12(10,11)7-2;1-6-9(7-2)12(10,11)8(3,4)5/h2*6-7H2,1-5H3. The normalized spacial score (nSPS) is 13.8. The van der Waals surface area contributed by atoms with Crippen molar-refractivity contribution in [3.8, 4) is 0 Å². The zero-order valence-electron chi connectivity index (χ0n) is 17.2. The van der Waals surface area contributed by atoms with E-state index in [0.29, 0.717) is 19.6 Å². The molecule has 0 unspecified atom stereocenters. The predicted molar refractivity (Wildman–Crippen MR) is 103 cm³/mol. The van der Waals surface area contributed by atoms with Crippen LogP contribution in [0.5, 0.6) is 0 Å². The van der Waals surface area contributed by atoms with Gasteiger partial charge in [-0.25, -0.2) is 21.1 Å². The van der Waals surface area contributed by atoms with Crippen molar-refractivity contribution in [1.29, 1.82) is 0 Å². The average molecular weight is 387 g/mol. The molecule has 24 heavy (non-hydrogen) atoms. The third kappa shape index (κ3) is 7.37. The Morgan fingerprint density at radius 2 is 1.08 bits per heavy atom. The van der Waals surface area contributed by atoms with Gasteiger partial charge in [0.25, 0.3) is 0 Å². The van der Waals surface area contributed by atoms with Gasteiger partial charge in [0.15, 0.2) is 0 Å².